The topological polar surface area (TPSA) is 46.9 Å². The fourth-order valence-electron chi connectivity index (χ4n) is 1.15. The molecule has 13 heavy (non-hydrogen) atoms. The highest BCUT2D eigenvalue weighted by molar-refractivity contribution is 6.23. The van der Waals surface area contributed by atoms with Gasteiger partial charge in [-0.15, -0.1) is 0 Å². The molecule has 0 radical (unpaired) electrons. The van der Waals surface area contributed by atoms with Crippen molar-refractivity contribution in [3.8, 4) is 0 Å². The molecular weight excluding hydrogens is 190 g/mol. The van der Waals surface area contributed by atoms with Gasteiger partial charge in [-0.2, -0.15) is 0 Å². The van der Waals surface area contributed by atoms with Crippen molar-refractivity contribution in [2.45, 2.75) is 12.4 Å². The first-order chi connectivity index (χ1) is 6.18. The van der Waals surface area contributed by atoms with Gasteiger partial charge in [0.25, 0.3) is 5.56 Å². The van der Waals surface area contributed by atoms with Crippen LogP contribution in [0.3, 0.4) is 0 Å². The van der Waals surface area contributed by atoms with Crippen LogP contribution in [0, 0.1) is 0 Å². The monoisotopic (exact) mass is 197 g/mol. The van der Waals surface area contributed by atoms with Crippen molar-refractivity contribution in [1.29, 1.82) is 0 Å². The molecule has 1 atom stereocenters. The summed E-state index contributed by atoms with van der Waals surface area (Å²) < 4.78 is 1.34. The number of fused-ring (bicyclic) bond motifs is 1. The van der Waals surface area contributed by atoms with E-state index in [0.29, 0.717) is 5.82 Å². The Kier molecular flexibility index (Phi) is 1.84. The van der Waals surface area contributed by atoms with Crippen LogP contribution >= 0.6 is 11.6 Å². The number of aromatic nitrogens is 2. The zero-order valence-electron chi connectivity index (χ0n) is 6.99. The first-order valence-corrected chi connectivity index (χ1v) is 4.29. The predicted molar refractivity (Wildman–Crippen MR) is 51.1 cm³/mol. The zero-order valence-corrected chi connectivity index (χ0v) is 7.75. The minimum Gasteiger partial charge on any atom is -0.299 e. The number of rotatable bonds is 0. The first kappa shape index (κ1) is 8.31. The molecule has 0 fully saturated rings. The Labute approximate surface area is 79.8 Å². The van der Waals surface area contributed by atoms with Crippen LogP contribution in [0.5, 0.6) is 0 Å². The van der Waals surface area contributed by atoms with Crippen molar-refractivity contribution in [2.75, 3.05) is 5.43 Å². The summed E-state index contributed by atoms with van der Waals surface area (Å²) >= 11 is 5.90. The minimum absolute atomic E-state index is 0.153. The summed E-state index contributed by atoms with van der Waals surface area (Å²) in [4.78, 5) is 15.3. The van der Waals surface area contributed by atoms with E-state index in [2.05, 4.69) is 10.4 Å². The zero-order chi connectivity index (χ0) is 9.42. The van der Waals surface area contributed by atoms with Gasteiger partial charge in [0, 0.05) is 12.3 Å². The molecule has 1 N–H and O–H groups in total. The molecule has 1 unspecified atom stereocenters. The third kappa shape index (κ3) is 1.33. The van der Waals surface area contributed by atoms with Crippen molar-refractivity contribution in [3.05, 3.63) is 34.0 Å². The minimum atomic E-state index is -0.339. The van der Waals surface area contributed by atoms with Crippen LogP contribution in [0.15, 0.2) is 22.6 Å². The fraction of sp³-hybridized carbons (Fsp3) is 0.250. The molecule has 5 heteroatoms. The largest absolute Gasteiger partial charge is 0.299 e. The summed E-state index contributed by atoms with van der Waals surface area (Å²) in [7, 11) is 0. The average Bonchev–Trinajstić information content (AvgIpc) is 2.09. The van der Waals surface area contributed by atoms with E-state index >= 15 is 0 Å². The van der Waals surface area contributed by atoms with Gasteiger partial charge >= 0.3 is 0 Å². The molecule has 2 rings (SSSR count). The lowest BCUT2D eigenvalue weighted by Gasteiger charge is -2.21. The van der Waals surface area contributed by atoms with Gasteiger partial charge in [-0.05, 0) is 18.6 Å². The first-order valence-electron chi connectivity index (χ1n) is 3.85. The quantitative estimate of drug-likeness (QED) is 0.494. The maximum absolute atomic E-state index is 11.3. The predicted octanol–water partition coefficient (Wildman–Crippen LogP) is 0.769. The van der Waals surface area contributed by atoms with Crippen LogP contribution < -0.4 is 11.0 Å². The summed E-state index contributed by atoms with van der Waals surface area (Å²) in [5.41, 5.74) is 3.27. The summed E-state index contributed by atoms with van der Waals surface area (Å²) in [6.45, 7) is 1.88. The Bertz CT molecular complexity index is 424. The highest BCUT2D eigenvalue weighted by Crippen LogP contribution is 2.14. The molecule has 1 aromatic heterocycles. The van der Waals surface area contributed by atoms with E-state index < -0.39 is 0 Å². The van der Waals surface area contributed by atoms with Gasteiger partial charge in [0.1, 0.15) is 5.50 Å². The SMILES string of the molecule is CC1=Cc2nccc(=O)n2NC1Cl. The van der Waals surface area contributed by atoms with Crippen molar-refractivity contribution >= 4 is 17.7 Å². The van der Waals surface area contributed by atoms with Gasteiger partial charge in [-0.3, -0.25) is 10.2 Å². The lowest BCUT2D eigenvalue weighted by molar-refractivity contribution is 0.750. The summed E-state index contributed by atoms with van der Waals surface area (Å²) in [6, 6.07) is 1.38. The number of hydrogen-bond donors (Lipinski definition) is 1. The van der Waals surface area contributed by atoms with E-state index in [1.165, 1.54) is 16.9 Å². The molecule has 1 aromatic rings. The molecule has 0 aromatic carbocycles. The highest BCUT2D eigenvalue weighted by atomic mass is 35.5. The maximum atomic E-state index is 11.3. The number of halogens is 1. The Morgan fingerprint density at radius 2 is 2.46 bits per heavy atom. The third-order valence-electron chi connectivity index (χ3n) is 1.87. The fourth-order valence-corrected chi connectivity index (χ4v) is 1.31. The summed E-state index contributed by atoms with van der Waals surface area (Å²) in [5, 5.41) is 0. The van der Waals surface area contributed by atoms with E-state index in [9.17, 15) is 4.79 Å². The van der Waals surface area contributed by atoms with Crippen LogP contribution in [0.4, 0.5) is 0 Å². The average molecular weight is 198 g/mol. The summed E-state index contributed by atoms with van der Waals surface area (Å²) in [6.07, 6.45) is 3.27. The standard InChI is InChI=1S/C8H8ClN3O/c1-5-4-6-10-3-2-7(13)12(6)11-8(5)9/h2-4,8,11H,1H3. The number of hydrogen-bond acceptors (Lipinski definition) is 3. The number of alkyl halides is 1. The van der Waals surface area contributed by atoms with Crippen LogP contribution in [0.1, 0.15) is 12.7 Å². The molecule has 1 aliphatic heterocycles. The maximum Gasteiger partial charge on any atom is 0.272 e. The Balaban J connectivity index is 2.63. The molecule has 4 nitrogen and oxygen atoms in total. The molecule has 0 amide bonds. The number of nitrogens with one attached hydrogen (secondary N) is 1. The second-order valence-corrected chi connectivity index (χ2v) is 3.29. The highest BCUT2D eigenvalue weighted by Gasteiger charge is 2.15. The van der Waals surface area contributed by atoms with E-state index in [-0.39, 0.29) is 11.1 Å². The van der Waals surface area contributed by atoms with Crippen molar-refractivity contribution < 1.29 is 0 Å². The van der Waals surface area contributed by atoms with Crippen molar-refractivity contribution in [3.63, 3.8) is 0 Å². The Hall–Kier alpha value is -1.29. The molecule has 0 saturated carbocycles. The van der Waals surface area contributed by atoms with Gasteiger partial charge < -0.3 is 0 Å². The smallest absolute Gasteiger partial charge is 0.272 e. The molecule has 1 aliphatic rings. The lowest BCUT2D eigenvalue weighted by atomic mass is 10.2. The normalized spacial score (nSPS) is 20.2. The van der Waals surface area contributed by atoms with Crippen molar-refractivity contribution in [2.24, 2.45) is 0 Å². The van der Waals surface area contributed by atoms with Gasteiger partial charge in [-0.1, -0.05) is 11.6 Å². The van der Waals surface area contributed by atoms with Gasteiger partial charge in [0.2, 0.25) is 0 Å². The molecule has 68 valence electrons. The lowest BCUT2D eigenvalue weighted by Crippen LogP contribution is -2.38. The Morgan fingerprint density at radius 3 is 3.23 bits per heavy atom. The van der Waals surface area contributed by atoms with Crippen molar-refractivity contribution in [1.82, 2.24) is 9.66 Å². The van der Waals surface area contributed by atoms with E-state index in [4.69, 9.17) is 11.6 Å². The van der Waals surface area contributed by atoms with Crippen LogP contribution in [-0.4, -0.2) is 15.2 Å². The van der Waals surface area contributed by atoms with Crippen LogP contribution in [0.25, 0.3) is 6.08 Å². The van der Waals surface area contributed by atoms with Gasteiger partial charge in [0.15, 0.2) is 5.82 Å². The van der Waals surface area contributed by atoms with Crippen LogP contribution in [-0.2, 0) is 0 Å². The third-order valence-corrected chi connectivity index (χ3v) is 2.31. The second kappa shape index (κ2) is 2.88. The van der Waals surface area contributed by atoms with E-state index in [1.54, 1.807) is 6.08 Å². The van der Waals surface area contributed by atoms with E-state index in [1.807, 2.05) is 6.92 Å². The van der Waals surface area contributed by atoms with Crippen LogP contribution in [0.2, 0.25) is 0 Å². The molecule has 0 saturated heterocycles. The molecule has 0 spiro atoms. The van der Waals surface area contributed by atoms with E-state index in [0.717, 1.165) is 5.57 Å². The molecule has 0 aliphatic carbocycles. The molecule has 2 heterocycles. The second-order valence-electron chi connectivity index (χ2n) is 2.86. The number of nitrogens with zero attached hydrogens (tertiary/aromatic N) is 2. The Morgan fingerprint density at radius 1 is 1.69 bits per heavy atom. The van der Waals surface area contributed by atoms with Gasteiger partial charge in [0.05, 0.1) is 0 Å². The molecular formula is C8H8ClN3O. The van der Waals surface area contributed by atoms with Gasteiger partial charge in [-0.25, -0.2) is 9.66 Å². The molecule has 0 bridgehead atoms. The summed E-state index contributed by atoms with van der Waals surface area (Å²) in [5.74, 6) is 0.585.